The number of hydrogen-bond acceptors (Lipinski definition) is 3. The molecule has 0 unspecified atom stereocenters. The molecule has 3 aromatic heterocycles. The topological polar surface area (TPSA) is 70.7 Å². The molecule has 0 saturated heterocycles. The molecule has 0 atom stereocenters. The van der Waals surface area contributed by atoms with Gasteiger partial charge in [-0.25, -0.2) is 0 Å². The standard InChI is InChI=1S/C23H22N4O/c1-16-7-9-21-19(13-16)20(15-27-21)22-10-8-17(14-26-22)23(28)25-12-4-6-18-5-2-3-11-24-18/h2-3,5,7-11,13-15,27H,4,6,12H2,1H3,(H,25,28). The number of benzene rings is 1. The lowest BCUT2D eigenvalue weighted by molar-refractivity contribution is 0.0953. The van der Waals surface area contributed by atoms with E-state index in [0.29, 0.717) is 12.1 Å². The van der Waals surface area contributed by atoms with Gasteiger partial charge in [0.1, 0.15) is 0 Å². The van der Waals surface area contributed by atoms with E-state index in [4.69, 9.17) is 0 Å². The van der Waals surface area contributed by atoms with E-state index in [1.165, 1.54) is 5.56 Å². The maximum Gasteiger partial charge on any atom is 0.252 e. The number of carbonyl (C=O) groups excluding carboxylic acids is 1. The third kappa shape index (κ3) is 3.93. The lowest BCUT2D eigenvalue weighted by atomic mass is 10.1. The minimum absolute atomic E-state index is 0.102. The molecule has 1 amide bonds. The number of carbonyl (C=O) groups is 1. The fourth-order valence-electron chi connectivity index (χ4n) is 3.25. The highest BCUT2D eigenvalue weighted by Gasteiger charge is 2.10. The van der Waals surface area contributed by atoms with Gasteiger partial charge >= 0.3 is 0 Å². The van der Waals surface area contributed by atoms with Crippen LogP contribution in [0.25, 0.3) is 22.2 Å². The number of hydrogen-bond donors (Lipinski definition) is 2. The van der Waals surface area contributed by atoms with E-state index in [-0.39, 0.29) is 5.91 Å². The number of aryl methyl sites for hydroxylation is 2. The molecule has 0 radical (unpaired) electrons. The Morgan fingerprint density at radius 1 is 1.11 bits per heavy atom. The monoisotopic (exact) mass is 370 g/mol. The van der Waals surface area contributed by atoms with Crippen LogP contribution in [0.1, 0.15) is 28.0 Å². The number of rotatable bonds is 6. The van der Waals surface area contributed by atoms with Gasteiger partial charge in [-0.2, -0.15) is 0 Å². The van der Waals surface area contributed by atoms with Crippen LogP contribution in [0.3, 0.4) is 0 Å². The summed E-state index contributed by atoms with van der Waals surface area (Å²) in [4.78, 5) is 24.4. The molecule has 28 heavy (non-hydrogen) atoms. The van der Waals surface area contributed by atoms with E-state index in [2.05, 4.69) is 45.4 Å². The zero-order chi connectivity index (χ0) is 19.3. The molecule has 0 saturated carbocycles. The van der Waals surface area contributed by atoms with Gasteiger partial charge in [-0.05, 0) is 56.2 Å². The fourth-order valence-corrected chi connectivity index (χ4v) is 3.25. The van der Waals surface area contributed by atoms with Crippen LogP contribution in [-0.4, -0.2) is 27.4 Å². The normalized spacial score (nSPS) is 10.9. The van der Waals surface area contributed by atoms with Crippen LogP contribution >= 0.6 is 0 Å². The molecule has 4 aromatic rings. The molecule has 0 fully saturated rings. The van der Waals surface area contributed by atoms with Gasteiger partial charge in [0.2, 0.25) is 0 Å². The Labute approximate surface area is 163 Å². The van der Waals surface area contributed by atoms with Crippen molar-refractivity contribution in [3.05, 3.63) is 83.9 Å². The summed E-state index contributed by atoms with van der Waals surface area (Å²) < 4.78 is 0. The first kappa shape index (κ1) is 17.9. The number of nitrogens with zero attached hydrogens (tertiary/aromatic N) is 2. The molecule has 4 rings (SSSR count). The van der Waals surface area contributed by atoms with E-state index in [0.717, 1.165) is 40.7 Å². The maximum absolute atomic E-state index is 12.3. The molecule has 5 nitrogen and oxygen atoms in total. The van der Waals surface area contributed by atoms with Gasteiger partial charge < -0.3 is 10.3 Å². The second kappa shape index (κ2) is 8.05. The van der Waals surface area contributed by atoms with E-state index < -0.39 is 0 Å². The average molecular weight is 370 g/mol. The summed E-state index contributed by atoms with van der Waals surface area (Å²) in [6.45, 7) is 2.68. The molecule has 0 aliphatic heterocycles. The third-order valence-electron chi connectivity index (χ3n) is 4.76. The molecule has 2 N–H and O–H groups in total. The van der Waals surface area contributed by atoms with Crippen LogP contribution < -0.4 is 5.32 Å². The van der Waals surface area contributed by atoms with E-state index >= 15 is 0 Å². The van der Waals surface area contributed by atoms with Gasteiger partial charge in [0.05, 0.1) is 11.3 Å². The summed E-state index contributed by atoms with van der Waals surface area (Å²) in [5.41, 5.74) is 5.78. The summed E-state index contributed by atoms with van der Waals surface area (Å²) in [7, 11) is 0. The number of H-pyrrole nitrogens is 1. The Kier molecular flexibility index (Phi) is 5.15. The van der Waals surface area contributed by atoms with Gasteiger partial charge in [0.25, 0.3) is 5.91 Å². The molecule has 1 aromatic carbocycles. The van der Waals surface area contributed by atoms with Crippen molar-refractivity contribution >= 4 is 16.8 Å². The molecule has 0 spiro atoms. The molecule has 5 heteroatoms. The first-order valence-corrected chi connectivity index (χ1v) is 9.43. The number of nitrogens with one attached hydrogen (secondary N) is 2. The number of fused-ring (bicyclic) bond motifs is 1. The second-order valence-electron chi connectivity index (χ2n) is 6.86. The Morgan fingerprint density at radius 3 is 2.82 bits per heavy atom. The van der Waals surface area contributed by atoms with E-state index in [1.807, 2.05) is 36.5 Å². The van der Waals surface area contributed by atoms with E-state index in [1.54, 1.807) is 12.4 Å². The number of pyridine rings is 2. The van der Waals surface area contributed by atoms with Crippen LogP contribution in [0, 0.1) is 6.92 Å². The molecule has 3 heterocycles. The summed E-state index contributed by atoms with van der Waals surface area (Å²) in [5.74, 6) is -0.102. The number of aromatic nitrogens is 3. The highest BCUT2D eigenvalue weighted by molar-refractivity contribution is 5.96. The van der Waals surface area contributed by atoms with Gasteiger partial charge in [-0.15, -0.1) is 0 Å². The van der Waals surface area contributed by atoms with Crippen molar-refractivity contribution in [2.75, 3.05) is 6.54 Å². The van der Waals surface area contributed by atoms with Crippen molar-refractivity contribution in [1.29, 1.82) is 0 Å². The summed E-state index contributed by atoms with van der Waals surface area (Å²) in [6.07, 6.45) is 7.08. The molecule has 0 bridgehead atoms. The van der Waals surface area contributed by atoms with Gasteiger partial charge in [-0.3, -0.25) is 14.8 Å². The van der Waals surface area contributed by atoms with Crippen molar-refractivity contribution in [3.8, 4) is 11.3 Å². The molecular weight excluding hydrogens is 348 g/mol. The Balaban J connectivity index is 1.38. The predicted molar refractivity (Wildman–Crippen MR) is 111 cm³/mol. The van der Waals surface area contributed by atoms with Crippen molar-refractivity contribution in [1.82, 2.24) is 20.3 Å². The van der Waals surface area contributed by atoms with Crippen LogP contribution in [-0.2, 0) is 6.42 Å². The van der Waals surface area contributed by atoms with Gasteiger partial charge in [0.15, 0.2) is 0 Å². The van der Waals surface area contributed by atoms with Gasteiger partial charge in [0, 0.05) is 47.3 Å². The smallest absolute Gasteiger partial charge is 0.252 e. The zero-order valence-electron chi connectivity index (χ0n) is 15.8. The lowest BCUT2D eigenvalue weighted by Gasteiger charge is -2.06. The molecule has 0 aliphatic carbocycles. The summed E-state index contributed by atoms with van der Waals surface area (Å²) in [6, 6.07) is 15.9. The van der Waals surface area contributed by atoms with E-state index in [9.17, 15) is 4.79 Å². The minimum Gasteiger partial charge on any atom is -0.360 e. The Bertz CT molecular complexity index is 1080. The molecule has 140 valence electrons. The minimum atomic E-state index is -0.102. The van der Waals surface area contributed by atoms with Crippen LogP contribution in [0.2, 0.25) is 0 Å². The molecule has 0 aliphatic rings. The van der Waals surface area contributed by atoms with Crippen molar-refractivity contribution in [2.45, 2.75) is 19.8 Å². The van der Waals surface area contributed by atoms with Crippen molar-refractivity contribution in [2.24, 2.45) is 0 Å². The highest BCUT2D eigenvalue weighted by Crippen LogP contribution is 2.28. The van der Waals surface area contributed by atoms with Crippen molar-refractivity contribution < 1.29 is 4.79 Å². The van der Waals surface area contributed by atoms with Crippen LogP contribution in [0.4, 0.5) is 0 Å². The third-order valence-corrected chi connectivity index (χ3v) is 4.76. The zero-order valence-corrected chi connectivity index (χ0v) is 15.8. The predicted octanol–water partition coefficient (Wildman–Crippen LogP) is 4.30. The lowest BCUT2D eigenvalue weighted by Crippen LogP contribution is -2.24. The van der Waals surface area contributed by atoms with Crippen molar-refractivity contribution in [3.63, 3.8) is 0 Å². The number of amides is 1. The Hall–Kier alpha value is -3.47. The van der Waals surface area contributed by atoms with Crippen LogP contribution in [0.15, 0.2) is 67.1 Å². The largest absolute Gasteiger partial charge is 0.360 e. The summed E-state index contributed by atoms with van der Waals surface area (Å²) >= 11 is 0. The highest BCUT2D eigenvalue weighted by atomic mass is 16.1. The average Bonchev–Trinajstić information content (AvgIpc) is 3.15. The molecular formula is C23H22N4O. The second-order valence-corrected chi connectivity index (χ2v) is 6.86. The Morgan fingerprint density at radius 2 is 2.04 bits per heavy atom. The quantitative estimate of drug-likeness (QED) is 0.497. The van der Waals surface area contributed by atoms with Gasteiger partial charge in [-0.1, -0.05) is 17.7 Å². The summed E-state index contributed by atoms with van der Waals surface area (Å²) in [5, 5.41) is 4.09. The SMILES string of the molecule is Cc1ccc2[nH]cc(-c3ccc(C(=O)NCCCc4ccccn4)cn3)c2c1. The maximum atomic E-state index is 12.3. The fraction of sp³-hybridized carbons (Fsp3) is 0.174. The number of aromatic amines is 1. The van der Waals surface area contributed by atoms with Crippen LogP contribution in [0.5, 0.6) is 0 Å². The first-order chi connectivity index (χ1) is 13.7. The first-order valence-electron chi connectivity index (χ1n) is 9.43.